The SMILES string of the molecule is Cc1ccc(C(C)NC(=O)CC2(N)CCC2)s1. The molecule has 1 unspecified atom stereocenters. The van der Waals surface area contributed by atoms with E-state index >= 15 is 0 Å². The van der Waals surface area contributed by atoms with E-state index in [1.54, 1.807) is 11.3 Å². The number of nitrogens with one attached hydrogen (secondary N) is 1. The molecule has 1 atom stereocenters. The number of hydrogen-bond acceptors (Lipinski definition) is 3. The van der Waals surface area contributed by atoms with Gasteiger partial charge in [0.05, 0.1) is 6.04 Å². The van der Waals surface area contributed by atoms with E-state index in [0.29, 0.717) is 6.42 Å². The predicted molar refractivity (Wildman–Crippen MR) is 71.0 cm³/mol. The highest BCUT2D eigenvalue weighted by Crippen LogP contribution is 2.32. The van der Waals surface area contributed by atoms with Crippen LogP contribution in [0.3, 0.4) is 0 Å². The highest BCUT2D eigenvalue weighted by atomic mass is 32.1. The van der Waals surface area contributed by atoms with E-state index in [0.717, 1.165) is 19.3 Å². The van der Waals surface area contributed by atoms with E-state index in [9.17, 15) is 4.79 Å². The molecule has 2 rings (SSSR count). The number of amides is 1. The Balaban J connectivity index is 1.86. The van der Waals surface area contributed by atoms with Gasteiger partial charge in [0.25, 0.3) is 0 Å². The molecule has 1 aliphatic rings. The maximum atomic E-state index is 11.9. The van der Waals surface area contributed by atoms with Gasteiger partial charge in [-0.1, -0.05) is 0 Å². The summed E-state index contributed by atoms with van der Waals surface area (Å²) in [4.78, 5) is 14.3. The van der Waals surface area contributed by atoms with Gasteiger partial charge in [0.2, 0.25) is 5.91 Å². The van der Waals surface area contributed by atoms with Crippen molar-refractivity contribution in [1.29, 1.82) is 0 Å². The topological polar surface area (TPSA) is 55.1 Å². The molecule has 94 valence electrons. The molecule has 0 spiro atoms. The van der Waals surface area contributed by atoms with Crippen molar-refractivity contribution >= 4 is 17.2 Å². The van der Waals surface area contributed by atoms with Crippen LogP contribution in [-0.2, 0) is 4.79 Å². The largest absolute Gasteiger partial charge is 0.349 e. The molecule has 1 heterocycles. The lowest BCUT2D eigenvalue weighted by Gasteiger charge is -2.37. The lowest BCUT2D eigenvalue weighted by molar-refractivity contribution is -0.123. The highest BCUT2D eigenvalue weighted by Gasteiger charge is 2.34. The number of thiophene rings is 1. The minimum Gasteiger partial charge on any atom is -0.349 e. The van der Waals surface area contributed by atoms with E-state index in [-0.39, 0.29) is 17.5 Å². The third-order valence-corrected chi connectivity index (χ3v) is 4.61. The standard InChI is InChI=1S/C13H20N2OS/c1-9-4-5-11(17-9)10(2)15-12(16)8-13(14)6-3-7-13/h4-5,10H,3,6-8,14H2,1-2H3,(H,15,16). The number of carbonyl (C=O) groups is 1. The summed E-state index contributed by atoms with van der Waals surface area (Å²) in [6.45, 7) is 4.10. The van der Waals surface area contributed by atoms with Crippen molar-refractivity contribution < 1.29 is 4.79 Å². The molecular weight excluding hydrogens is 232 g/mol. The molecule has 0 saturated heterocycles. The maximum absolute atomic E-state index is 11.9. The highest BCUT2D eigenvalue weighted by molar-refractivity contribution is 7.12. The van der Waals surface area contributed by atoms with Crippen LogP contribution in [0.15, 0.2) is 12.1 Å². The Morgan fingerprint density at radius 1 is 1.59 bits per heavy atom. The van der Waals surface area contributed by atoms with Gasteiger partial charge in [-0.3, -0.25) is 4.79 Å². The van der Waals surface area contributed by atoms with Gasteiger partial charge in [-0.15, -0.1) is 11.3 Å². The van der Waals surface area contributed by atoms with E-state index in [1.807, 2.05) is 6.92 Å². The van der Waals surface area contributed by atoms with Gasteiger partial charge < -0.3 is 11.1 Å². The van der Waals surface area contributed by atoms with Crippen LogP contribution in [0.4, 0.5) is 0 Å². The average molecular weight is 252 g/mol. The smallest absolute Gasteiger partial charge is 0.222 e. The second-order valence-electron chi connectivity index (χ2n) is 5.13. The van der Waals surface area contributed by atoms with Gasteiger partial charge in [0.15, 0.2) is 0 Å². The Bertz CT molecular complexity index is 409. The quantitative estimate of drug-likeness (QED) is 0.865. The Morgan fingerprint density at radius 2 is 2.29 bits per heavy atom. The van der Waals surface area contributed by atoms with E-state index in [1.165, 1.54) is 9.75 Å². The number of hydrogen-bond donors (Lipinski definition) is 2. The minimum atomic E-state index is -0.227. The summed E-state index contributed by atoms with van der Waals surface area (Å²) in [5, 5.41) is 3.03. The van der Waals surface area contributed by atoms with Gasteiger partial charge in [-0.25, -0.2) is 0 Å². The zero-order valence-corrected chi connectivity index (χ0v) is 11.3. The molecule has 1 amide bonds. The lowest BCUT2D eigenvalue weighted by atomic mass is 9.75. The van der Waals surface area contributed by atoms with Crippen LogP contribution in [-0.4, -0.2) is 11.4 Å². The summed E-state index contributed by atoms with van der Waals surface area (Å²) in [6.07, 6.45) is 3.57. The first-order chi connectivity index (χ1) is 7.98. The molecule has 0 aromatic carbocycles. The first kappa shape index (κ1) is 12.6. The Morgan fingerprint density at radius 3 is 2.76 bits per heavy atom. The number of rotatable bonds is 4. The molecule has 0 bridgehead atoms. The monoisotopic (exact) mass is 252 g/mol. The van der Waals surface area contributed by atoms with Crippen LogP contribution >= 0.6 is 11.3 Å². The second kappa shape index (κ2) is 4.78. The molecule has 0 radical (unpaired) electrons. The summed E-state index contributed by atoms with van der Waals surface area (Å²) < 4.78 is 0. The summed E-state index contributed by atoms with van der Waals surface area (Å²) >= 11 is 1.73. The molecule has 3 nitrogen and oxygen atoms in total. The molecule has 3 N–H and O–H groups in total. The molecule has 1 fully saturated rings. The fraction of sp³-hybridized carbons (Fsp3) is 0.615. The number of carbonyl (C=O) groups excluding carboxylic acids is 1. The normalized spacial score (nSPS) is 19.5. The predicted octanol–water partition coefficient (Wildman–Crippen LogP) is 2.51. The third kappa shape index (κ3) is 3.07. The molecule has 1 saturated carbocycles. The zero-order chi connectivity index (χ0) is 12.5. The van der Waals surface area contributed by atoms with Gasteiger partial charge in [-0.05, 0) is 45.2 Å². The van der Waals surface area contributed by atoms with Crippen LogP contribution in [0.1, 0.15) is 48.4 Å². The molecule has 1 aliphatic carbocycles. The van der Waals surface area contributed by atoms with Crippen molar-refractivity contribution in [3.63, 3.8) is 0 Å². The first-order valence-electron chi connectivity index (χ1n) is 6.13. The van der Waals surface area contributed by atoms with Crippen molar-refractivity contribution in [1.82, 2.24) is 5.32 Å². The van der Waals surface area contributed by atoms with E-state index in [2.05, 4.69) is 24.4 Å². The minimum absolute atomic E-state index is 0.0748. The van der Waals surface area contributed by atoms with Crippen LogP contribution in [0.2, 0.25) is 0 Å². The Hall–Kier alpha value is -0.870. The van der Waals surface area contributed by atoms with Crippen LogP contribution in [0, 0.1) is 6.92 Å². The van der Waals surface area contributed by atoms with Crippen molar-refractivity contribution in [3.8, 4) is 0 Å². The summed E-state index contributed by atoms with van der Waals surface area (Å²) in [6, 6.07) is 4.25. The maximum Gasteiger partial charge on any atom is 0.222 e. The fourth-order valence-corrected chi connectivity index (χ4v) is 3.06. The van der Waals surface area contributed by atoms with Gasteiger partial charge in [0.1, 0.15) is 0 Å². The molecule has 0 aliphatic heterocycles. The van der Waals surface area contributed by atoms with Crippen molar-refractivity contribution in [2.45, 2.75) is 51.1 Å². The summed E-state index contributed by atoms with van der Waals surface area (Å²) in [5.41, 5.74) is 5.84. The van der Waals surface area contributed by atoms with Gasteiger partial charge >= 0.3 is 0 Å². The molecular formula is C13H20N2OS. The molecule has 1 aromatic heterocycles. The van der Waals surface area contributed by atoms with Crippen molar-refractivity contribution in [2.24, 2.45) is 5.73 Å². The summed E-state index contributed by atoms with van der Waals surface area (Å²) in [5.74, 6) is 0.0748. The first-order valence-corrected chi connectivity index (χ1v) is 6.95. The number of aryl methyl sites for hydroxylation is 1. The van der Waals surface area contributed by atoms with Crippen LogP contribution in [0.5, 0.6) is 0 Å². The zero-order valence-electron chi connectivity index (χ0n) is 10.5. The second-order valence-corrected chi connectivity index (χ2v) is 6.45. The molecule has 17 heavy (non-hydrogen) atoms. The number of nitrogens with two attached hydrogens (primary N) is 1. The lowest BCUT2D eigenvalue weighted by Crippen LogP contribution is -2.50. The van der Waals surface area contributed by atoms with E-state index < -0.39 is 0 Å². The van der Waals surface area contributed by atoms with Crippen molar-refractivity contribution in [3.05, 3.63) is 21.9 Å². The third-order valence-electron chi connectivity index (χ3n) is 3.43. The fourth-order valence-electron chi connectivity index (χ4n) is 2.18. The average Bonchev–Trinajstić information content (AvgIpc) is 2.62. The van der Waals surface area contributed by atoms with E-state index in [4.69, 9.17) is 5.73 Å². The van der Waals surface area contributed by atoms with Gasteiger partial charge in [-0.2, -0.15) is 0 Å². The van der Waals surface area contributed by atoms with Crippen LogP contribution in [0.25, 0.3) is 0 Å². The molecule has 1 aromatic rings. The van der Waals surface area contributed by atoms with Crippen LogP contribution < -0.4 is 11.1 Å². The van der Waals surface area contributed by atoms with Crippen molar-refractivity contribution in [2.75, 3.05) is 0 Å². The summed E-state index contributed by atoms with van der Waals surface area (Å²) in [7, 11) is 0. The van der Waals surface area contributed by atoms with Gasteiger partial charge in [0, 0.05) is 21.7 Å². The Labute approximate surface area is 106 Å². The molecule has 4 heteroatoms. The Kier molecular flexibility index (Phi) is 3.54.